The number of rotatable bonds is 5. The lowest BCUT2D eigenvalue weighted by molar-refractivity contribution is -0.122. The van der Waals surface area contributed by atoms with Crippen molar-refractivity contribution in [2.45, 2.75) is 26.7 Å². The lowest BCUT2D eigenvalue weighted by Crippen LogP contribution is -2.45. The molecule has 0 saturated carbocycles. The minimum atomic E-state index is -0.773. The SMILES string of the molecule is CCC(CC)(C(=O)Nc1ccccc1Br)C(N)=S. The van der Waals surface area contributed by atoms with Crippen molar-refractivity contribution in [1.82, 2.24) is 0 Å². The van der Waals surface area contributed by atoms with Gasteiger partial charge in [0.1, 0.15) is 0 Å². The lowest BCUT2D eigenvalue weighted by Gasteiger charge is -2.29. The van der Waals surface area contributed by atoms with E-state index in [1.54, 1.807) is 0 Å². The molecule has 0 saturated heterocycles. The molecular formula is C13H17BrN2OS. The van der Waals surface area contributed by atoms with Crippen LogP contribution in [0.1, 0.15) is 26.7 Å². The average Bonchev–Trinajstić information content (AvgIpc) is 2.34. The van der Waals surface area contributed by atoms with Crippen molar-refractivity contribution in [1.29, 1.82) is 0 Å². The number of anilines is 1. The summed E-state index contributed by atoms with van der Waals surface area (Å²) in [5.41, 5.74) is 5.70. The second-order valence-electron chi connectivity index (χ2n) is 4.09. The summed E-state index contributed by atoms with van der Waals surface area (Å²) in [6.45, 7) is 3.84. The van der Waals surface area contributed by atoms with Gasteiger partial charge in [0.25, 0.3) is 0 Å². The van der Waals surface area contributed by atoms with Gasteiger partial charge in [-0.1, -0.05) is 38.2 Å². The first-order chi connectivity index (χ1) is 8.47. The molecule has 0 fully saturated rings. The highest BCUT2D eigenvalue weighted by atomic mass is 79.9. The average molecular weight is 329 g/mol. The molecular weight excluding hydrogens is 312 g/mol. The van der Waals surface area contributed by atoms with Gasteiger partial charge in [-0.15, -0.1) is 0 Å². The monoisotopic (exact) mass is 328 g/mol. The zero-order valence-electron chi connectivity index (χ0n) is 10.5. The summed E-state index contributed by atoms with van der Waals surface area (Å²) >= 11 is 8.45. The molecule has 1 aromatic rings. The Morgan fingerprint density at radius 1 is 1.39 bits per heavy atom. The second kappa shape index (κ2) is 6.29. The fraction of sp³-hybridized carbons (Fsp3) is 0.385. The molecule has 18 heavy (non-hydrogen) atoms. The molecule has 0 bridgehead atoms. The van der Waals surface area contributed by atoms with Gasteiger partial charge in [0.2, 0.25) is 5.91 Å². The summed E-state index contributed by atoms with van der Waals surface area (Å²) in [5, 5.41) is 2.88. The summed E-state index contributed by atoms with van der Waals surface area (Å²) in [7, 11) is 0. The molecule has 1 rings (SSSR count). The molecule has 5 heteroatoms. The second-order valence-corrected chi connectivity index (χ2v) is 5.38. The summed E-state index contributed by atoms with van der Waals surface area (Å²) in [6, 6.07) is 7.45. The number of hydrogen-bond acceptors (Lipinski definition) is 2. The maximum atomic E-state index is 12.4. The topological polar surface area (TPSA) is 55.1 Å². The fourth-order valence-corrected chi connectivity index (χ4v) is 2.60. The van der Waals surface area contributed by atoms with Gasteiger partial charge in [0.05, 0.1) is 16.1 Å². The molecule has 0 atom stereocenters. The van der Waals surface area contributed by atoms with Crippen molar-refractivity contribution in [3.05, 3.63) is 28.7 Å². The van der Waals surface area contributed by atoms with E-state index in [2.05, 4.69) is 21.2 Å². The van der Waals surface area contributed by atoms with E-state index in [4.69, 9.17) is 18.0 Å². The number of hydrogen-bond donors (Lipinski definition) is 2. The van der Waals surface area contributed by atoms with E-state index >= 15 is 0 Å². The highest BCUT2D eigenvalue weighted by Gasteiger charge is 2.38. The Bertz CT molecular complexity index is 458. The van der Waals surface area contributed by atoms with Crippen molar-refractivity contribution >= 4 is 44.7 Å². The van der Waals surface area contributed by atoms with E-state index in [9.17, 15) is 4.79 Å². The number of nitrogens with one attached hydrogen (secondary N) is 1. The maximum absolute atomic E-state index is 12.4. The molecule has 0 radical (unpaired) electrons. The third kappa shape index (κ3) is 2.90. The standard InChI is InChI=1S/C13H17BrN2OS/c1-3-13(4-2,11(15)18)12(17)16-10-8-6-5-7-9(10)14/h5-8H,3-4H2,1-2H3,(H2,15,18)(H,16,17). The number of thiocarbonyl (C=S) groups is 1. The van der Waals surface area contributed by atoms with Gasteiger partial charge < -0.3 is 11.1 Å². The first kappa shape index (κ1) is 15.1. The summed E-state index contributed by atoms with van der Waals surface area (Å²) in [6.07, 6.45) is 1.18. The quantitative estimate of drug-likeness (QED) is 0.813. The van der Waals surface area contributed by atoms with Crippen molar-refractivity contribution < 1.29 is 4.79 Å². The third-order valence-electron chi connectivity index (χ3n) is 3.24. The third-order valence-corrected chi connectivity index (χ3v) is 4.32. The summed E-state index contributed by atoms with van der Waals surface area (Å²) in [5.74, 6) is -0.146. The fourth-order valence-electron chi connectivity index (χ4n) is 1.84. The van der Waals surface area contributed by atoms with Crippen LogP contribution in [-0.2, 0) is 4.79 Å². The van der Waals surface area contributed by atoms with E-state index < -0.39 is 5.41 Å². The Morgan fingerprint density at radius 3 is 2.39 bits per heavy atom. The highest BCUT2D eigenvalue weighted by Crippen LogP contribution is 2.30. The number of carbonyl (C=O) groups excluding carboxylic acids is 1. The number of carbonyl (C=O) groups is 1. The van der Waals surface area contributed by atoms with Gasteiger partial charge in [-0.05, 0) is 40.9 Å². The molecule has 0 spiro atoms. The van der Waals surface area contributed by atoms with E-state index in [0.29, 0.717) is 12.8 Å². The molecule has 0 aliphatic carbocycles. The zero-order chi connectivity index (χ0) is 13.8. The van der Waals surface area contributed by atoms with Crippen LogP contribution in [0.4, 0.5) is 5.69 Å². The summed E-state index contributed by atoms with van der Waals surface area (Å²) in [4.78, 5) is 12.6. The molecule has 0 aromatic heterocycles. The highest BCUT2D eigenvalue weighted by molar-refractivity contribution is 9.10. The first-order valence-electron chi connectivity index (χ1n) is 5.83. The van der Waals surface area contributed by atoms with Gasteiger partial charge >= 0.3 is 0 Å². The van der Waals surface area contributed by atoms with Crippen LogP contribution in [0.3, 0.4) is 0 Å². The molecule has 0 aliphatic rings. The lowest BCUT2D eigenvalue weighted by atomic mass is 9.81. The van der Waals surface area contributed by atoms with Crippen LogP contribution in [0.5, 0.6) is 0 Å². The van der Waals surface area contributed by atoms with Crippen LogP contribution in [0.25, 0.3) is 0 Å². The maximum Gasteiger partial charge on any atom is 0.237 e. The Balaban J connectivity index is 3.00. The Kier molecular flexibility index (Phi) is 5.28. The number of halogens is 1. The van der Waals surface area contributed by atoms with E-state index in [1.165, 1.54) is 0 Å². The number of amides is 1. The van der Waals surface area contributed by atoms with Crippen molar-refractivity contribution in [3.63, 3.8) is 0 Å². The van der Waals surface area contributed by atoms with Crippen LogP contribution >= 0.6 is 28.1 Å². The van der Waals surface area contributed by atoms with Crippen LogP contribution in [0.15, 0.2) is 28.7 Å². The first-order valence-corrected chi connectivity index (χ1v) is 7.04. The normalized spacial score (nSPS) is 11.1. The predicted octanol–water partition coefficient (Wildman–Crippen LogP) is 3.48. The van der Waals surface area contributed by atoms with E-state index in [-0.39, 0.29) is 10.9 Å². The number of para-hydroxylation sites is 1. The predicted molar refractivity (Wildman–Crippen MR) is 82.6 cm³/mol. The Morgan fingerprint density at radius 2 is 1.94 bits per heavy atom. The van der Waals surface area contributed by atoms with Crippen LogP contribution < -0.4 is 11.1 Å². The van der Waals surface area contributed by atoms with Crippen molar-refractivity contribution in [3.8, 4) is 0 Å². The molecule has 98 valence electrons. The molecule has 0 heterocycles. The van der Waals surface area contributed by atoms with Gasteiger partial charge in [0, 0.05) is 4.47 Å². The van der Waals surface area contributed by atoms with Crippen molar-refractivity contribution in [2.75, 3.05) is 5.32 Å². The van der Waals surface area contributed by atoms with E-state index in [0.717, 1.165) is 10.2 Å². The summed E-state index contributed by atoms with van der Waals surface area (Å²) < 4.78 is 0.836. The molecule has 0 unspecified atom stereocenters. The van der Waals surface area contributed by atoms with Gasteiger partial charge in [-0.2, -0.15) is 0 Å². The van der Waals surface area contributed by atoms with Crippen LogP contribution in [-0.4, -0.2) is 10.9 Å². The molecule has 3 N–H and O–H groups in total. The van der Waals surface area contributed by atoms with Crippen molar-refractivity contribution in [2.24, 2.45) is 11.1 Å². The van der Waals surface area contributed by atoms with Gasteiger partial charge in [-0.3, -0.25) is 4.79 Å². The number of nitrogens with two attached hydrogens (primary N) is 1. The molecule has 1 amide bonds. The largest absolute Gasteiger partial charge is 0.392 e. The molecule has 0 aliphatic heterocycles. The van der Waals surface area contributed by atoms with Crippen LogP contribution in [0.2, 0.25) is 0 Å². The van der Waals surface area contributed by atoms with Gasteiger partial charge in [0.15, 0.2) is 0 Å². The minimum Gasteiger partial charge on any atom is -0.392 e. The smallest absolute Gasteiger partial charge is 0.237 e. The number of benzene rings is 1. The minimum absolute atomic E-state index is 0.146. The zero-order valence-corrected chi connectivity index (χ0v) is 12.9. The van der Waals surface area contributed by atoms with Gasteiger partial charge in [-0.25, -0.2) is 0 Å². The molecule has 1 aromatic carbocycles. The molecule has 3 nitrogen and oxygen atoms in total. The van der Waals surface area contributed by atoms with Crippen LogP contribution in [0, 0.1) is 5.41 Å². The van der Waals surface area contributed by atoms with E-state index in [1.807, 2.05) is 38.1 Å². The Labute approximate surface area is 121 Å². The Hall–Kier alpha value is -0.940.